The average molecular weight is 362 g/mol. The van der Waals surface area contributed by atoms with Crippen molar-refractivity contribution in [1.82, 2.24) is 0 Å². The van der Waals surface area contributed by atoms with Crippen LogP contribution < -0.4 is 4.74 Å². The molecule has 3 aromatic rings. The van der Waals surface area contributed by atoms with Gasteiger partial charge in [0.15, 0.2) is 0 Å². The maximum absolute atomic E-state index is 6.30. The van der Waals surface area contributed by atoms with Gasteiger partial charge in [0.2, 0.25) is 0 Å². The molecule has 0 heterocycles. The predicted molar refractivity (Wildman–Crippen MR) is 92.7 cm³/mol. The van der Waals surface area contributed by atoms with E-state index in [1.807, 2.05) is 42.5 Å². The zero-order valence-electron chi connectivity index (χ0n) is 11.5. The number of methoxy groups -OCH3 is 1. The molecular formula is C18H14BrClO. The third kappa shape index (κ3) is 2.66. The molecule has 3 rings (SSSR count). The van der Waals surface area contributed by atoms with E-state index < -0.39 is 0 Å². The van der Waals surface area contributed by atoms with Crippen molar-refractivity contribution in [3.05, 3.63) is 76.8 Å². The summed E-state index contributed by atoms with van der Waals surface area (Å²) in [6.45, 7) is 0. The molecule has 0 saturated heterocycles. The van der Waals surface area contributed by atoms with Gasteiger partial charge in [0, 0.05) is 16.0 Å². The van der Waals surface area contributed by atoms with Crippen molar-refractivity contribution >= 4 is 38.3 Å². The first-order valence-corrected chi connectivity index (χ1v) is 7.96. The molecule has 0 spiro atoms. The van der Waals surface area contributed by atoms with E-state index in [1.54, 1.807) is 7.11 Å². The second kappa shape index (κ2) is 6.08. The fourth-order valence-corrected chi connectivity index (χ4v) is 3.56. The molecule has 3 heteroatoms. The summed E-state index contributed by atoms with van der Waals surface area (Å²) in [4.78, 5) is 0.0517. The van der Waals surface area contributed by atoms with Crippen LogP contribution in [-0.4, -0.2) is 7.11 Å². The Kier molecular flexibility index (Phi) is 4.18. The maximum Gasteiger partial charge on any atom is 0.123 e. The smallest absolute Gasteiger partial charge is 0.123 e. The first-order chi connectivity index (χ1) is 10.2. The second-order valence-electron chi connectivity index (χ2n) is 4.79. The Morgan fingerprint density at radius 3 is 2.29 bits per heavy atom. The Morgan fingerprint density at radius 2 is 1.52 bits per heavy atom. The van der Waals surface area contributed by atoms with Crippen LogP contribution in [0.5, 0.6) is 5.75 Å². The third-order valence-corrected chi connectivity index (χ3v) is 4.91. The van der Waals surface area contributed by atoms with Gasteiger partial charge < -0.3 is 4.74 Å². The van der Waals surface area contributed by atoms with E-state index in [2.05, 4.69) is 34.1 Å². The van der Waals surface area contributed by atoms with E-state index in [1.165, 1.54) is 5.56 Å². The van der Waals surface area contributed by atoms with Crippen LogP contribution in [0.1, 0.15) is 16.0 Å². The van der Waals surface area contributed by atoms with Crippen molar-refractivity contribution in [2.45, 2.75) is 4.83 Å². The highest BCUT2D eigenvalue weighted by atomic mass is 79.9. The summed E-state index contributed by atoms with van der Waals surface area (Å²) in [5, 5.41) is 2.99. The molecule has 1 atom stereocenters. The number of benzene rings is 3. The number of hydrogen-bond donors (Lipinski definition) is 0. The van der Waals surface area contributed by atoms with Crippen LogP contribution in [0.4, 0.5) is 0 Å². The summed E-state index contributed by atoms with van der Waals surface area (Å²) < 4.78 is 5.47. The summed E-state index contributed by atoms with van der Waals surface area (Å²) >= 11 is 10.1. The van der Waals surface area contributed by atoms with Crippen LogP contribution in [0.2, 0.25) is 5.02 Å². The summed E-state index contributed by atoms with van der Waals surface area (Å²) in [6.07, 6.45) is 0. The highest BCUT2D eigenvalue weighted by Gasteiger charge is 2.17. The molecule has 0 aliphatic carbocycles. The van der Waals surface area contributed by atoms with Gasteiger partial charge in [-0.25, -0.2) is 0 Å². The van der Waals surface area contributed by atoms with Crippen LogP contribution in [0.3, 0.4) is 0 Å². The minimum atomic E-state index is 0.0517. The molecule has 0 bridgehead atoms. The van der Waals surface area contributed by atoms with Crippen molar-refractivity contribution in [3.63, 3.8) is 0 Å². The van der Waals surface area contributed by atoms with Crippen molar-refractivity contribution in [2.24, 2.45) is 0 Å². The van der Waals surface area contributed by atoms with Gasteiger partial charge >= 0.3 is 0 Å². The quantitative estimate of drug-likeness (QED) is 0.521. The molecule has 21 heavy (non-hydrogen) atoms. The molecular weight excluding hydrogens is 348 g/mol. The van der Waals surface area contributed by atoms with Gasteiger partial charge in [0.25, 0.3) is 0 Å². The van der Waals surface area contributed by atoms with Crippen molar-refractivity contribution < 1.29 is 4.74 Å². The summed E-state index contributed by atoms with van der Waals surface area (Å²) in [5.74, 6) is 0.874. The molecule has 0 aliphatic rings. The molecule has 0 saturated carbocycles. The Labute approximate surface area is 137 Å². The predicted octanol–water partition coefficient (Wildman–Crippen LogP) is 5.99. The standard InChI is InChI=1S/C18H14BrClO/c1-21-17-9-5-4-8-15(17)18(19)14-10-11-16(20)13-7-3-2-6-12(13)14/h2-11,18H,1H3. The van der Waals surface area contributed by atoms with Crippen LogP contribution >= 0.6 is 27.5 Å². The fourth-order valence-electron chi connectivity index (χ4n) is 2.55. The Balaban J connectivity index is 2.18. The number of fused-ring (bicyclic) bond motifs is 1. The topological polar surface area (TPSA) is 9.23 Å². The molecule has 0 radical (unpaired) electrons. The number of ether oxygens (including phenoxy) is 1. The van der Waals surface area contributed by atoms with E-state index in [0.29, 0.717) is 0 Å². The van der Waals surface area contributed by atoms with Crippen LogP contribution in [0, 0.1) is 0 Å². The van der Waals surface area contributed by atoms with Crippen LogP contribution in [0.15, 0.2) is 60.7 Å². The summed E-state index contributed by atoms with van der Waals surface area (Å²) in [5.41, 5.74) is 2.28. The van der Waals surface area contributed by atoms with Crippen molar-refractivity contribution in [1.29, 1.82) is 0 Å². The molecule has 0 fully saturated rings. The fraction of sp³-hybridized carbons (Fsp3) is 0.111. The minimum Gasteiger partial charge on any atom is -0.496 e. The Morgan fingerprint density at radius 1 is 0.857 bits per heavy atom. The zero-order valence-corrected chi connectivity index (χ0v) is 13.9. The summed E-state index contributed by atoms with van der Waals surface area (Å²) in [7, 11) is 1.69. The van der Waals surface area contributed by atoms with Gasteiger partial charge in [-0.1, -0.05) is 76.1 Å². The number of alkyl halides is 1. The van der Waals surface area contributed by atoms with Crippen LogP contribution in [0.25, 0.3) is 10.8 Å². The molecule has 0 amide bonds. The van der Waals surface area contributed by atoms with E-state index in [-0.39, 0.29) is 4.83 Å². The second-order valence-corrected chi connectivity index (χ2v) is 6.11. The molecule has 0 N–H and O–H groups in total. The lowest BCUT2D eigenvalue weighted by atomic mass is 9.98. The maximum atomic E-state index is 6.30. The van der Waals surface area contributed by atoms with Gasteiger partial charge in [-0.3, -0.25) is 0 Å². The van der Waals surface area contributed by atoms with Gasteiger partial charge in [-0.2, -0.15) is 0 Å². The molecule has 1 nitrogen and oxygen atoms in total. The van der Waals surface area contributed by atoms with Gasteiger partial charge in [-0.15, -0.1) is 0 Å². The number of rotatable bonds is 3. The lowest BCUT2D eigenvalue weighted by molar-refractivity contribution is 0.410. The first kappa shape index (κ1) is 14.4. The largest absolute Gasteiger partial charge is 0.496 e. The highest BCUT2D eigenvalue weighted by Crippen LogP contribution is 2.40. The molecule has 0 aromatic heterocycles. The normalized spacial score (nSPS) is 12.3. The number of hydrogen-bond acceptors (Lipinski definition) is 1. The highest BCUT2D eigenvalue weighted by molar-refractivity contribution is 9.09. The lowest BCUT2D eigenvalue weighted by Gasteiger charge is -2.17. The minimum absolute atomic E-state index is 0.0517. The van der Waals surface area contributed by atoms with Crippen LogP contribution in [-0.2, 0) is 0 Å². The Bertz CT molecular complexity index is 785. The average Bonchev–Trinajstić information content (AvgIpc) is 2.55. The van der Waals surface area contributed by atoms with Crippen molar-refractivity contribution in [2.75, 3.05) is 7.11 Å². The van der Waals surface area contributed by atoms with Gasteiger partial charge in [0.1, 0.15) is 5.75 Å². The Hall–Kier alpha value is -1.51. The van der Waals surface area contributed by atoms with Gasteiger partial charge in [0.05, 0.1) is 11.9 Å². The third-order valence-electron chi connectivity index (χ3n) is 3.59. The lowest BCUT2D eigenvalue weighted by Crippen LogP contribution is -1.98. The number of para-hydroxylation sites is 1. The molecule has 106 valence electrons. The van der Waals surface area contributed by atoms with E-state index >= 15 is 0 Å². The zero-order chi connectivity index (χ0) is 14.8. The summed E-state index contributed by atoms with van der Waals surface area (Å²) in [6, 6.07) is 20.2. The van der Waals surface area contributed by atoms with Gasteiger partial charge in [-0.05, 0) is 23.1 Å². The first-order valence-electron chi connectivity index (χ1n) is 6.66. The monoisotopic (exact) mass is 360 g/mol. The van der Waals surface area contributed by atoms with E-state index in [4.69, 9.17) is 16.3 Å². The molecule has 0 aliphatic heterocycles. The molecule has 3 aromatic carbocycles. The SMILES string of the molecule is COc1ccccc1C(Br)c1ccc(Cl)c2ccccc12. The number of halogens is 2. The van der Waals surface area contributed by atoms with E-state index in [0.717, 1.165) is 27.1 Å². The molecule has 1 unspecified atom stereocenters. The van der Waals surface area contributed by atoms with E-state index in [9.17, 15) is 0 Å². The van der Waals surface area contributed by atoms with Crippen molar-refractivity contribution in [3.8, 4) is 5.75 Å².